The molecule has 0 saturated carbocycles. The van der Waals surface area contributed by atoms with Crippen LogP contribution in [0, 0.1) is 6.92 Å². The molecule has 20 heavy (non-hydrogen) atoms. The van der Waals surface area contributed by atoms with Crippen LogP contribution in [-0.2, 0) is 4.74 Å². The standard InChI is InChI=1S/C16H17NO2Se/c1-12-2-4-13(5-3-12)16(18)14-6-7-15(20-14)17-8-10-19-11-9-17/h2-7H,8-11H2,1H3. The molecule has 1 saturated heterocycles. The van der Waals surface area contributed by atoms with E-state index in [4.69, 9.17) is 4.74 Å². The third-order valence-corrected chi connectivity index (χ3v) is 5.85. The molecule has 0 radical (unpaired) electrons. The summed E-state index contributed by atoms with van der Waals surface area (Å²) in [5.74, 6) is 0.171. The fraction of sp³-hybridized carbons (Fsp3) is 0.312. The van der Waals surface area contributed by atoms with Crippen molar-refractivity contribution >= 4 is 24.8 Å². The summed E-state index contributed by atoms with van der Waals surface area (Å²) < 4.78 is 7.62. The van der Waals surface area contributed by atoms with Gasteiger partial charge < -0.3 is 0 Å². The maximum atomic E-state index is 12.5. The van der Waals surface area contributed by atoms with Gasteiger partial charge in [0.2, 0.25) is 0 Å². The zero-order valence-corrected chi connectivity index (χ0v) is 13.2. The van der Waals surface area contributed by atoms with Crippen molar-refractivity contribution in [3.05, 3.63) is 52.0 Å². The van der Waals surface area contributed by atoms with Gasteiger partial charge in [0.25, 0.3) is 0 Å². The molecule has 1 aliphatic heterocycles. The van der Waals surface area contributed by atoms with Gasteiger partial charge in [-0.1, -0.05) is 0 Å². The van der Waals surface area contributed by atoms with Crippen molar-refractivity contribution in [2.75, 3.05) is 31.2 Å². The van der Waals surface area contributed by atoms with E-state index >= 15 is 0 Å². The number of anilines is 1. The van der Waals surface area contributed by atoms with Crippen molar-refractivity contribution in [3.8, 4) is 0 Å². The Labute approximate surface area is 124 Å². The van der Waals surface area contributed by atoms with E-state index in [1.807, 2.05) is 37.3 Å². The normalized spacial score (nSPS) is 15.3. The average molecular weight is 334 g/mol. The number of hydrogen-bond donors (Lipinski definition) is 0. The van der Waals surface area contributed by atoms with Crippen LogP contribution >= 0.6 is 0 Å². The van der Waals surface area contributed by atoms with E-state index in [0.717, 1.165) is 36.3 Å². The van der Waals surface area contributed by atoms with Gasteiger partial charge >= 0.3 is 124 Å². The zero-order valence-electron chi connectivity index (χ0n) is 11.5. The van der Waals surface area contributed by atoms with E-state index in [-0.39, 0.29) is 20.3 Å². The van der Waals surface area contributed by atoms with Gasteiger partial charge in [-0.2, -0.15) is 0 Å². The molecule has 0 N–H and O–H groups in total. The van der Waals surface area contributed by atoms with Crippen molar-refractivity contribution in [2.45, 2.75) is 6.92 Å². The minimum atomic E-state index is 0.124. The molecule has 2 heterocycles. The number of nitrogens with zero attached hydrogens (tertiary/aromatic N) is 1. The van der Waals surface area contributed by atoms with Gasteiger partial charge in [-0.15, -0.1) is 0 Å². The van der Waals surface area contributed by atoms with Gasteiger partial charge in [0, 0.05) is 0 Å². The fourth-order valence-electron chi connectivity index (χ4n) is 2.25. The first-order valence-electron chi connectivity index (χ1n) is 6.78. The molecule has 0 spiro atoms. The molecule has 104 valence electrons. The number of ketones is 1. The SMILES string of the molecule is Cc1ccc(C(=O)c2ccc(N3CCOCC3)[se]2)cc1. The van der Waals surface area contributed by atoms with E-state index in [1.165, 1.54) is 10.1 Å². The molecule has 0 aliphatic carbocycles. The number of carbonyl (C=O) groups is 1. The second-order valence-corrected chi connectivity index (χ2v) is 7.16. The van der Waals surface area contributed by atoms with E-state index < -0.39 is 0 Å². The predicted octanol–water partition coefficient (Wildman–Crippen LogP) is 2.12. The molecule has 0 atom stereocenters. The third kappa shape index (κ3) is 2.88. The minimum absolute atomic E-state index is 0.124. The molecule has 2 aromatic rings. The first kappa shape index (κ1) is 13.6. The molecular formula is C16H17NO2Se. The number of morpholine rings is 1. The first-order chi connectivity index (χ1) is 9.74. The van der Waals surface area contributed by atoms with Crippen LogP contribution in [0.4, 0.5) is 4.56 Å². The molecule has 1 aromatic heterocycles. The number of aryl methyl sites for hydroxylation is 1. The number of carbonyl (C=O) groups excluding carboxylic acids is 1. The number of benzene rings is 1. The van der Waals surface area contributed by atoms with Crippen LogP contribution < -0.4 is 4.90 Å². The van der Waals surface area contributed by atoms with E-state index in [2.05, 4.69) is 11.0 Å². The second-order valence-electron chi connectivity index (χ2n) is 4.93. The average Bonchev–Trinajstić information content (AvgIpc) is 2.98. The molecule has 0 amide bonds. The van der Waals surface area contributed by atoms with Crippen LogP contribution in [0.15, 0.2) is 36.4 Å². The molecule has 1 aliphatic rings. The number of rotatable bonds is 3. The van der Waals surface area contributed by atoms with E-state index in [9.17, 15) is 4.79 Å². The van der Waals surface area contributed by atoms with Crippen molar-refractivity contribution in [1.82, 2.24) is 0 Å². The molecule has 1 aromatic carbocycles. The van der Waals surface area contributed by atoms with Crippen molar-refractivity contribution in [2.24, 2.45) is 0 Å². The number of hydrogen-bond acceptors (Lipinski definition) is 3. The zero-order chi connectivity index (χ0) is 13.9. The summed E-state index contributed by atoms with van der Waals surface area (Å²) in [6.45, 7) is 5.48. The van der Waals surface area contributed by atoms with Gasteiger partial charge in [-0.3, -0.25) is 0 Å². The number of ether oxygens (including phenoxy) is 1. The van der Waals surface area contributed by atoms with E-state index in [1.54, 1.807) is 0 Å². The summed E-state index contributed by atoms with van der Waals surface area (Å²) in [6.07, 6.45) is 0. The van der Waals surface area contributed by atoms with Crippen molar-refractivity contribution in [1.29, 1.82) is 0 Å². The van der Waals surface area contributed by atoms with Crippen LogP contribution in [0.2, 0.25) is 0 Å². The van der Waals surface area contributed by atoms with Crippen LogP contribution in [-0.4, -0.2) is 46.6 Å². The Hall–Kier alpha value is -1.35. The molecule has 3 nitrogen and oxygen atoms in total. The van der Waals surface area contributed by atoms with Crippen LogP contribution in [0.1, 0.15) is 20.4 Å². The molecule has 3 rings (SSSR count). The molecular weight excluding hydrogens is 317 g/mol. The Morgan fingerprint density at radius 3 is 2.50 bits per heavy atom. The fourth-order valence-corrected chi connectivity index (χ4v) is 4.39. The quantitative estimate of drug-likeness (QED) is 0.636. The Morgan fingerprint density at radius 2 is 1.80 bits per heavy atom. The molecule has 0 unspecified atom stereocenters. The van der Waals surface area contributed by atoms with Crippen molar-refractivity contribution in [3.63, 3.8) is 0 Å². The van der Waals surface area contributed by atoms with E-state index in [0.29, 0.717) is 0 Å². The maximum absolute atomic E-state index is 12.5. The Balaban J connectivity index is 1.78. The summed E-state index contributed by atoms with van der Waals surface area (Å²) in [4.78, 5) is 14.8. The third-order valence-electron chi connectivity index (χ3n) is 3.45. The van der Waals surface area contributed by atoms with Gasteiger partial charge in [0.1, 0.15) is 0 Å². The summed E-state index contributed by atoms with van der Waals surface area (Å²) >= 11 is 0.124. The van der Waals surface area contributed by atoms with Gasteiger partial charge in [0.05, 0.1) is 0 Å². The summed E-state index contributed by atoms with van der Waals surface area (Å²) in [5, 5.41) is 0. The van der Waals surface area contributed by atoms with Gasteiger partial charge in [-0.25, -0.2) is 0 Å². The second kappa shape index (κ2) is 5.96. The van der Waals surface area contributed by atoms with Crippen molar-refractivity contribution < 1.29 is 9.53 Å². The molecule has 0 bridgehead atoms. The Kier molecular flexibility index (Phi) is 4.06. The predicted molar refractivity (Wildman–Crippen MR) is 81.0 cm³/mol. The first-order valence-corrected chi connectivity index (χ1v) is 8.49. The van der Waals surface area contributed by atoms with Crippen LogP contribution in [0.3, 0.4) is 0 Å². The topological polar surface area (TPSA) is 29.5 Å². The Morgan fingerprint density at radius 1 is 1.10 bits per heavy atom. The van der Waals surface area contributed by atoms with Gasteiger partial charge in [0.15, 0.2) is 0 Å². The van der Waals surface area contributed by atoms with Gasteiger partial charge in [-0.05, 0) is 0 Å². The molecule has 1 fully saturated rings. The summed E-state index contributed by atoms with van der Waals surface area (Å²) in [7, 11) is 0. The summed E-state index contributed by atoms with van der Waals surface area (Å²) in [6, 6.07) is 11.9. The van der Waals surface area contributed by atoms with Crippen LogP contribution in [0.25, 0.3) is 0 Å². The summed E-state index contributed by atoms with van der Waals surface area (Å²) in [5.41, 5.74) is 1.97. The van der Waals surface area contributed by atoms with Crippen LogP contribution in [0.5, 0.6) is 0 Å². The monoisotopic (exact) mass is 335 g/mol. The Bertz CT molecular complexity index is 597. The molecule has 4 heteroatoms.